The largest absolute Gasteiger partial charge is 0.494 e. The third-order valence-electron chi connectivity index (χ3n) is 5.74. The van der Waals surface area contributed by atoms with Gasteiger partial charge >= 0.3 is 11.9 Å². The van der Waals surface area contributed by atoms with Gasteiger partial charge in [0, 0.05) is 12.0 Å². The van der Waals surface area contributed by atoms with Crippen LogP contribution in [0.2, 0.25) is 0 Å². The van der Waals surface area contributed by atoms with E-state index in [2.05, 4.69) is 36.8 Å². The van der Waals surface area contributed by atoms with Crippen LogP contribution in [0.4, 0.5) is 0 Å². The van der Waals surface area contributed by atoms with Gasteiger partial charge in [0.25, 0.3) is 0 Å². The molecule has 0 aliphatic heterocycles. The van der Waals surface area contributed by atoms with E-state index in [0.717, 1.165) is 42.9 Å². The molecule has 0 fully saturated rings. The van der Waals surface area contributed by atoms with E-state index in [1.807, 2.05) is 19.1 Å². The van der Waals surface area contributed by atoms with Crippen molar-refractivity contribution in [3.63, 3.8) is 0 Å². The topological polar surface area (TPSA) is 61.8 Å². The molecule has 0 N–H and O–H groups in total. The van der Waals surface area contributed by atoms with Gasteiger partial charge in [-0.3, -0.25) is 0 Å². The van der Waals surface area contributed by atoms with Crippen molar-refractivity contribution in [3.8, 4) is 35.0 Å². The lowest BCUT2D eigenvalue weighted by molar-refractivity contribution is -0.137. The Morgan fingerprint density at radius 1 is 0.865 bits per heavy atom. The molecule has 0 aliphatic carbocycles. The molecule has 0 saturated heterocycles. The highest BCUT2D eigenvalue weighted by Crippen LogP contribution is 2.24. The number of hydrogen-bond donors (Lipinski definition) is 0. The molecule has 0 amide bonds. The monoisotopic (exact) mass is 496 g/mol. The molecule has 0 aliphatic rings. The molecule has 190 valence electrons. The quantitative estimate of drug-likeness (QED) is 0.0870. The van der Waals surface area contributed by atoms with E-state index in [-0.39, 0.29) is 5.92 Å². The lowest BCUT2D eigenvalue weighted by Gasteiger charge is -2.09. The van der Waals surface area contributed by atoms with Gasteiger partial charge in [-0.1, -0.05) is 49.9 Å². The Balaban J connectivity index is 1.43. The summed E-state index contributed by atoms with van der Waals surface area (Å²) in [4.78, 5) is 23.5. The Kier molecular flexibility index (Phi) is 10.6. The second-order valence-corrected chi connectivity index (χ2v) is 8.69. The molecule has 0 radical (unpaired) electrons. The molecule has 1 unspecified atom stereocenters. The first kappa shape index (κ1) is 27.3. The number of unbranched alkanes of at least 4 members (excludes halogenated alkanes) is 2. The number of ether oxygens (including phenoxy) is 3. The van der Waals surface area contributed by atoms with Crippen LogP contribution in [0.3, 0.4) is 0 Å². The van der Waals surface area contributed by atoms with Crippen LogP contribution in [-0.2, 0) is 16.0 Å². The highest BCUT2D eigenvalue weighted by Gasteiger charge is 2.10. The normalized spacial score (nSPS) is 11.1. The maximum atomic E-state index is 12.5. The van der Waals surface area contributed by atoms with Crippen LogP contribution in [0.15, 0.2) is 85.5 Å². The Hall–Kier alpha value is -4.30. The molecule has 3 rings (SSSR count). The minimum absolute atomic E-state index is 0.210. The fourth-order valence-electron chi connectivity index (χ4n) is 3.62. The van der Waals surface area contributed by atoms with E-state index >= 15 is 0 Å². The standard InChI is InChI=1S/C32H32O5/c1-4-24(3)23-25-9-11-26(12-10-25)27-13-19-30(20-14-27)37-32(34)28-15-17-29(18-16-28)35-21-7-6-8-22-36-31(33)5-2/h1,5,9-20,24H,2,6-8,21-23H2,3H3. The first-order valence-corrected chi connectivity index (χ1v) is 12.4. The van der Waals surface area contributed by atoms with Gasteiger partial charge in [-0.25, -0.2) is 9.59 Å². The minimum atomic E-state index is -0.430. The average molecular weight is 497 g/mol. The van der Waals surface area contributed by atoms with Crippen LogP contribution in [0.5, 0.6) is 11.5 Å². The third kappa shape index (κ3) is 9.01. The second kappa shape index (κ2) is 14.3. The second-order valence-electron chi connectivity index (χ2n) is 8.69. The van der Waals surface area contributed by atoms with E-state index < -0.39 is 11.9 Å². The molecule has 3 aromatic carbocycles. The number of terminal acetylenes is 1. The lowest BCUT2D eigenvalue weighted by Crippen LogP contribution is -2.08. The van der Waals surface area contributed by atoms with Crippen LogP contribution < -0.4 is 9.47 Å². The number of carbonyl (C=O) groups is 2. The van der Waals surface area contributed by atoms with E-state index in [9.17, 15) is 9.59 Å². The van der Waals surface area contributed by atoms with Gasteiger partial charge < -0.3 is 14.2 Å². The van der Waals surface area contributed by atoms with Crippen LogP contribution in [0.25, 0.3) is 11.1 Å². The van der Waals surface area contributed by atoms with Crippen LogP contribution in [-0.4, -0.2) is 25.2 Å². The van der Waals surface area contributed by atoms with Crippen molar-refractivity contribution in [3.05, 3.63) is 96.6 Å². The summed E-state index contributed by atoms with van der Waals surface area (Å²) in [5.41, 5.74) is 3.77. The SMILES string of the molecule is C#CC(C)Cc1ccc(-c2ccc(OC(=O)c3ccc(OCCCCCOC(=O)C=C)cc3)cc2)cc1. The number of rotatable bonds is 13. The number of carbonyl (C=O) groups excluding carboxylic acids is 2. The smallest absolute Gasteiger partial charge is 0.343 e. The zero-order valence-electron chi connectivity index (χ0n) is 21.2. The lowest BCUT2D eigenvalue weighted by atomic mass is 9.98. The molecule has 0 aromatic heterocycles. The molecular weight excluding hydrogens is 464 g/mol. The van der Waals surface area contributed by atoms with E-state index in [1.54, 1.807) is 36.4 Å². The van der Waals surface area contributed by atoms with Gasteiger partial charge in [-0.15, -0.1) is 12.3 Å². The fourth-order valence-corrected chi connectivity index (χ4v) is 3.62. The summed E-state index contributed by atoms with van der Waals surface area (Å²) in [6, 6.07) is 22.6. The summed E-state index contributed by atoms with van der Waals surface area (Å²) in [5.74, 6) is 3.29. The Labute approximate surface area is 219 Å². The summed E-state index contributed by atoms with van der Waals surface area (Å²) < 4.78 is 16.2. The summed E-state index contributed by atoms with van der Waals surface area (Å²) in [5, 5.41) is 0. The highest BCUT2D eigenvalue weighted by molar-refractivity contribution is 5.91. The number of hydrogen-bond acceptors (Lipinski definition) is 5. The Bertz CT molecular complexity index is 1200. The number of esters is 2. The molecule has 5 heteroatoms. The summed E-state index contributed by atoms with van der Waals surface area (Å²) in [7, 11) is 0. The van der Waals surface area contributed by atoms with Crippen molar-refractivity contribution in [2.24, 2.45) is 5.92 Å². The van der Waals surface area contributed by atoms with Gasteiger partial charge in [-0.05, 0) is 78.8 Å². The molecule has 3 aromatic rings. The van der Waals surface area contributed by atoms with Crippen molar-refractivity contribution < 1.29 is 23.8 Å². The van der Waals surface area contributed by atoms with E-state index in [1.165, 1.54) is 5.56 Å². The zero-order chi connectivity index (χ0) is 26.5. The summed E-state index contributed by atoms with van der Waals surface area (Å²) >= 11 is 0. The van der Waals surface area contributed by atoms with Gasteiger partial charge in [0.05, 0.1) is 18.8 Å². The maximum absolute atomic E-state index is 12.5. The van der Waals surface area contributed by atoms with Crippen molar-refractivity contribution in [1.82, 2.24) is 0 Å². The number of benzene rings is 3. The molecule has 0 saturated carbocycles. The molecule has 1 atom stereocenters. The predicted molar refractivity (Wildman–Crippen MR) is 145 cm³/mol. The van der Waals surface area contributed by atoms with Gasteiger partial charge in [0.1, 0.15) is 11.5 Å². The Morgan fingerprint density at radius 2 is 1.46 bits per heavy atom. The predicted octanol–water partition coefficient (Wildman–Crippen LogP) is 6.66. The molecule has 0 spiro atoms. The molecule has 0 bridgehead atoms. The first-order valence-electron chi connectivity index (χ1n) is 12.4. The molecular formula is C32H32O5. The van der Waals surface area contributed by atoms with Crippen molar-refractivity contribution >= 4 is 11.9 Å². The van der Waals surface area contributed by atoms with Crippen LogP contribution in [0.1, 0.15) is 42.1 Å². The van der Waals surface area contributed by atoms with Gasteiger partial charge in [0.2, 0.25) is 0 Å². The van der Waals surface area contributed by atoms with Gasteiger partial charge in [0.15, 0.2) is 0 Å². The first-order chi connectivity index (χ1) is 18.0. The maximum Gasteiger partial charge on any atom is 0.343 e. The third-order valence-corrected chi connectivity index (χ3v) is 5.74. The molecule has 0 heterocycles. The van der Waals surface area contributed by atoms with Crippen molar-refractivity contribution in [2.75, 3.05) is 13.2 Å². The average Bonchev–Trinajstić information content (AvgIpc) is 2.93. The van der Waals surface area contributed by atoms with E-state index in [4.69, 9.17) is 20.6 Å². The fraction of sp³-hybridized carbons (Fsp3) is 0.250. The zero-order valence-corrected chi connectivity index (χ0v) is 21.2. The van der Waals surface area contributed by atoms with Crippen LogP contribution in [0, 0.1) is 18.3 Å². The minimum Gasteiger partial charge on any atom is -0.494 e. The highest BCUT2D eigenvalue weighted by atomic mass is 16.5. The molecule has 37 heavy (non-hydrogen) atoms. The van der Waals surface area contributed by atoms with E-state index in [0.29, 0.717) is 30.3 Å². The summed E-state index contributed by atoms with van der Waals surface area (Å²) in [6.07, 6.45) is 9.97. The van der Waals surface area contributed by atoms with Gasteiger partial charge in [-0.2, -0.15) is 0 Å². The van der Waals surface area contributed by atoms with Crippen molar-refractivity contribution in [1.29, 1.82) is 0 Å². The van der Waals surface area contributed by atoms with Crippen molar-refractivity contribution in [2.45, 2.75) is 32.6 Å². The Morgan fingerprint density at radius 3 is 2.08 bits per heavy atom. The van der Waals surface area contributed by atoms with Crippen LogP contribution >= 0.6 is 0 Å². The summed E-state index contributed by atoms with van der Waals surface area (Å²) in [6.45, 7) is 6.31. The molecule has 5 nitrogen and oxygen atoms in total.